The third-order valence-corrected chi connectivity index (χ3v) is 7.24. The molecule has 0 bridgehead atoms. The number of hydrogen-bond donors (Lipinski definition) is 2. The first-order valence-corrected chi connectivity index (χ1v) is 13.7. The quantitative estimate of drug-likeness (QED) is 0.202. The molecule has 1 aliphatic heterocycles. The number of Topliss-reactive ketones (excluding diaryl/α,β-unsaturated/α-hetero) is 2. The average molecular weight is 541 g/mol. The van der Waals surface area contributed by atoms with Gasteiger partial charge in [0.25, 0.3) is 0 Å². The lowest BCUT2D eigenvalue weighted by atomic mass is 10.0. The van der Waals surface area contributed by atoms with Gasteiger partial charge in [0.1, 0.15) is 5.78 Å². The van der Waals surface area contributed by atoms with Crippen molar-refractivity contribution < 1.29 is 33.6 Å². The Labute approximate surface area is 222 Å². The second-order valence-electron chi connectivity index (χ2n) is 9.56. The summed E-state index contributed by atoms with van der Waals surface area (Å²) in [6.07, 6.45) is 2.85. The standard InChI is InChI=1S/C25H40N4O7S/c1-16(2)19(31)9-7-6-8-11-29-23(34)13-20(25(29)36)37-12-10-21(32)26-14-24(35)28(5)15-22(33)27-17(3)18(4)30/h16-17,20H,6-15H2,1-5H3,(H,26,32)(H,27,33). The highest BCUT2D eigenvalue weighted by molar-refractivity contribution is 8.00. The Bertz CT molecular complexity index is 877. The molecule has 0 radical (unpaired) electrons. The van der Waals surface area contributed by atoms with E-state index in [1.54, 1.807) is 6.92 Å². The summed E-state index contributed by atoms with van der Waals surface area (Å²) in [7, 11) is 1.42. The molecule has 12 heteroatoms. The van der Waals surface area contributed by atoms with Gasteiger partial charge in [0.05, 0.1) is 24.4 Å². The van der Waals surface area contributed by atoms with Crippen LogP contribution >= 0.6 is 11.8 Å². The van der Waals surface area contributed by atoms with Gasteiger partial charge in [-0.25, -0.2) is 0 Å². The second kappa shape index (κ2) is 16.2. The summed E-state index contributed by atoms with van der Waals surface area (Å²) in [5, 5.41) is 4.45. The Morgan fingerprint density at radius 2 is 1.70 bits per heavy atom. The topological polar surface area (TPSA) is 150 Å². The number of likely N-dealkylation sites (N-methyl/N-ethyl adjacent to an activating group) is 1. The highest BCUT2D eigenvalue weighted by Gasteiger charge is 2.38. The molecule has 11 nitrogen and oxygen atoms in total. The van der Waals surface area contributed by atoms with Gasteiger partial charge in [-0.2, -0.15) is 0 Å². The summed E-state index contributed by atoms with van der Waals surface area (Å²) in [6.45, 7) is 6.45. The Balaban J connectivity index is 2.27. The van der Waals surface area contributed by atoms with Crippen molar-refractivity contribution in [3.8, 4) is 0 Å². The van der Waals surface area contributed by atoms with E-state index in [2.05, 4.69) is 10.6 Å². The van der Waals surface area contributed by atoms with Gasteiger partial charge in [-0.3, -0.25) is 38.5 Å². The highest BCUT2D eigenvalue weighted by Crippen LogP contribution is 2.26. The van der Waals surface area contributed by atoms with Crippen LogP contribution in [-0.2, 0) is 33.6 Å². The first-order valence-electron chi connectivity index (χ1n) is 12.6. The fourth-order valence-corrected chi connectivity index (χ4v) is 4.55. The summed E-state index contributed by atoms with van der Waals surface area (Å²) >= 11 is 1.24. The van der Waals surface area contributed by atoms with E-state index in [1.807, 2.05) is 13.8 Å². The molecule has 37 heavy (non-hydrogen) atoms. The average Bonchev–Trinajstić information content (AvgIpc) is 3.09. The molecule has 0 spiro atoms. The fourth-order valence-electron chi connectivity index (χ4n) is 3.44. The first-order chi connectivity index (χ1) is 17.3. The molecule has 1 fully saturated rings. The van der Waals surface area contributed by atoms with E-state index in [0.717, 1.165) is 17.7 Å². The van der Waals surface area contributed by atoms with Crippen molar-refractivity contribution in [1.29, 1.82) is 0 Å². The van der Waals surface area contributed by atoms with Crippen molar-refractivity contribution in [2.24, 2.45) is 5.92 Å². The van der Waals surface area contributed by atoms with Crippen molar-refractivity contribution in [3.05, 3.63) is 0 Å². The van der Waals surface area contributed by atoms with E-state index in [0.29, 0.717) is 25.1 Å². The lowest BCUT2D eigenvalue weighted by Crippen LogP contribution is -2.46. The molecule has 2 atom stereocenters. The van der Waals surface area contributed by atoms with Crippen LogP contribution in [0.5, 0.6) is 0 Å². The predicted octanol–water partition coefficient (Wildman–Crippen LogP) is 0.691. The maximum absolute atomic E-state index is 12.6. The number of ketones is 2. The van der Waals surface area contributed by atoms with E-state index < -0.39 is 23.1 Å². The van der Waals surface area contributed by atoms with E-state index in [4.69, 9.17) is 0 Å². The van der Waals surface area contributed by atoms with Crippen LogP contribution in [0.4, 0.5) is 0 Å². The smallest absolute Gasteiger partial charge is 0.242 e. The van der Waals surface area contributed by atoms with Crippen molar-refractivity contribution >= 4 is 52.9 Å². The number of imide groups is 1. The predicted molar refractivity (Wildman–Crippen MR) is 139 cm³/mol. The van der Waals surface area contributed by atoms with Gasteiger partial charge in [-0.05, 0) is 26.7 Å². The molecule has 1 rings (SSSR count). The molecule has 0 aromatic carbocycles. The number of rotatable bonds is 17. The van der Waals surface area contributed by atoms with E-state index in [1.165, 1.54) is 30.6 Å². The molecule has 1 aliphatic rings. The van der Waals surface area contributed by atoms with Gasteiger partial charge in [0, 0.05) is 44.5 Å². The largest absolute Gasteiger partial charge is 0.347 e. The molecule has 2 N–H and O–H groups in total. The molecule has 0 saturated carbocycles. The van der Waals surface area contributed by atoms with Crippen LogP contribution in [0.2, 0.25) is 0 Å². The van der Waals surface area contributed by atoms with Crippen molar-refractivity contribution in [3.63, 3.8) is 0 Å². The molecular weight excluding hydrogens is 500 g/mol. The Morgan fingerprint density at radius 3 is 2.32 bits per heavy atom. The summed E-state index contributed by atoms with van der Waals surface area (Å²) < 4.78 is 0. The number of thioether (sulfide) groups is 1. The molecular formula is C25H40N4O7S. The number of carbonyl (C=O) groups excluding carboxylic acids is 7. The van der Waals surface area contributed by atoms with Gasteiger partial charge in [-0.15, -0.1) is 11.8 Å². The van der Waals surface area contributed by atoms with E-state index >= 15 is 0 Å². The maximum atomic E-state index is 12.6. The van der Waals surface area contributed by atoms with Crippen molar-refractivity contribution in [1.82, 2.24) is 20.4 Å². The molecule has 1 saturated heterocycles. The molecule has 2 unspecified atom stereocenters. The minimum Gasteiger partial charge on any atom is -0.347 e. The summed E-state index contributed by atoms with van der Waals surface area (Å²) in [5.74, 6) is -1.44. The molecule has 5 amide bonds. The zero-order valence-corrected chi connectivity index (χ0v) is 23.3. The molecule has 0 aliphatic carbocycles. The van der Waals surface area contributed by atoms with Crippen LogP contribution in [-0.4, -0.2) is 94.6 Å². The minimum atomic E-state index is -0.645. The minimum absolute atomic E-state index is 0.0185. The van der Waals surface area contributed by atoms with Gasteiger partial charge >= 0.3 is 0 Å². The van der Waals surface area contributed by atoms with Crippen LogP contribution < -0.4 is 10.6 Å². The molecule has 0 aromatic rings. The number of hydrogen-bond acceptors (Lipinski definition) is 8. The molecule has 0 aromatic heterocycles. The number of nitrogens with one attached hydrogen (secondary N) is 2. The van der Waals surface area contributed by atoms with Gasteiger partial charge < -0.3 is 15.5 Å². The Hall–Kier alpha value is -2.76. The zero-order valence-electron chi connectivity index (χ0n) is 22.5. The number of unbranched alkanes of at least 4 members (excludes halogenated alkanes) is 2. The van der Waals surface area contributed by atoms with Crippen LogP contribution in [0.3, 0.4) is 0 Å². The lowest BCUT2D eigenvalue weighted by molar-refractivity contribution is -0.138. The monoisotopic (exact) mass is 540 g/mol. The lowest BCUT2D eigenvalue weighted by Gasteiger charge is -2.18. The maximum Gasteiger partial charge on any atom is 0.242 e. The number of amides is 5. The van der Waals surface area contributed by atoms with Crippen molar-refractivity contribution in [2.45, 2.75) is 77.5 Å². The van der Waals surface area contributed by atoms with Crippen LogP contribution in [0.25, 0.3) is 0 Å². The van der Waals surface area contributed by atoms with Crippen molar-refractivity contribution in [2.75, 3.05) is 32.4 Å². The van der Waals surface area contributed by atoms with Crippen LogP contribution in [0, 0.1) is 5.92 Å². The van der Waals surface area contributed by atoms with E-state index in [-0.39, 0.29) is 61.1 Å². The summed E-state index contributed by atoms with van der Waals surface area (Å²) in [5.41, 5.74) is 0. The summed E-state index contributed by atoms with van der Waals surface area (Å²) in [4.78, 5) is 86.2. The highest BCUT2D eigenvalue weighted by atomic mass is 32.2. The fraction of sp³-hybridized carbons (Fsp3) is 0.720. The number of nitrogens with zero attached hydrogens (tertiary/aromatic N) is 2. The number of likely N-dealkylation sites (tertiary alicyclic amines) is 1. The molecule has 1 heterocycles. The summed E-state index contributed by atoms with van der Waals surface area (Å²) in [6, 6.07) is -0.645. The van der Waals surface area contributed by atoms with E-state index in [9.17, 15) is 33.6 Å². The Kier molecular flexibility index (Phi) is 14.1. The van der Waals surface area contributed by atoms with Gasteiger partial charge in [0.15, 0.2) is 5.78 Å². The SMILES string of the molecule is CC(=O)C(C)NC(=O)CN(C)C(=O)CNC(=O)CCSC1CC(=O)N(CCCCCC(=O)C(C)C)C1=O. The number of carbonyl (C=O) groups is 7. The molecule has 208 valence electrons. The van der Waals surface area contributed by atoms with Crippen LogP contribution in [0.1, 0.15) is 66.2 Å². The first kappa shape index (κ1) is 32.3. The van der Waals surface area contributed by atoms with Gasteiger partial charge in [0.2, 0.25) is 29.5 Å². The van der Waals surface area contributed by atoms with Crippen LogP contribution in [0.15, 0.2) is 0 Å². The third kappa shape index (κ3) is 11.9. The normalized spacial score (nSPS) is 16.1. The Morgan fingerprint density at radius 1 is 1.03 bits per heavy atom. The second-order valence-corrected chi connectivity index (χ2v) is 10.9. The third-order valence-electron chi connectivity index (χ3n) is 6.03. The van der Waals surface area contributed by atoms with Gasteiger partial charge in [-0.1, -0.05) is 20.3 Å². The zero-order chi connectivity index (χ0) is 28.1.